The molecule has 1 atom stereocenters. The normalized spacial score (nSPS) is 21.3. The minimum absolute atomic E-state index is 0.272. The first kappa shape index (κ1) is 14.8. The van der Waals surface area contributed by atoms with Gasteiger partial charge in [-0.05, 0) is 31.4 Å². The van der Waals surface area contributed by atoms with Gasteiger partial charge in [0.25, 0.3) is 0 Å². The van der Waals surface area contributed by atoms with Crippen LogP contribution in [0.4, 0.5) is 0 Å². The molecule has 2 nitrogen and oxygen atoms in total. The van der Waals surface area contributed by atoms with Crippen molar-refractivity contribution in [1.82, 2.24) is 10.2 Å². The van der Waals surface area contributed by atoms with Crippen molar-refractivity contribution >= 4 is 11.6 Å². The second-order valence-electron chi connectivity index (χ2n) is 5.58. The maximum Gasteiger partial charge on any atom is 0.0453 e. The Hall–Kier alpha value is -0.570. The van der Waals surface area contributed by atoms with Crippen LogP contribution in [0.15, 0.2) is 24.3 Å². The van der Waals surface area contributed by atoms with Gasteiger partial charge in [-0.3, -0.25) is 4.90 Å². The summed E-state index contributed by atoms with van der Waals surface area (Å²) < 4.78 is 0. The molecule has 1 fully saturated rings. The van der Waals surface area contributed by atoms with Gasteiger partial charge in [-0.2, -0.15) is 0 Å². The molecule has 1 saturated heterocycles. The largest absolute Gasteiger partial charge is 0.309 e. The Labute approximate surface area is 122 Å². The molecule has 0 amide bonds. The number of halogens is 1. The van der Waals surface area contributed by atoms with E-state index in [0.717, 1.165) is 24.7 Å². The third kappa shape index (κ3) is 3.13. The molecule has 0 aromatic heterocycles. The first-order valence-electron chi connectivity index (χ1n) is 7.35. The molecule has 2 rings (SSSR count). The fourth-order valence-corrected chi connectivity index (χ4v) is 3.35. The maximum absolute atomic E-state index is 6.33. The van der Waals surface area contributed by atoms with Crippen molar-refractivity contribution in [2.75, 3.05) is 19.6 Å². The highest BCUT2D eigenvalue weighted by atomic mass is 35.5. The molecule has 0 aliphatic carbocycles. The van der Waals surface area contributed by atoms with E-state index in [1.807, 2.05) is 12.1 Å². The van der Waals surface area contributed by atoms with Crippen molar-refractivity contribution in [2.24, 2.45) is 0 Å². The number of rotatable bonds is 4. The zero-order valence-electron chi connectivity index (χ0n) is 12.2. The van der Waals surface area contributed by atoms with Crippen molar-refractivity contribution in [2.45, 2.75) is 45.2 Å². The van der Waals surface area contributed by atoms with Gasteiger partial charge in [-0.1, -0.05) is 43.6 Å². The lowest BCUT2D eigenvalue weighted by Gasteiger charge is -2.45. The number of piperazine rings is 1. The molecule has 0 radical (unpaired) electrons. The van der Waals surface area contributed by atoms with E-state index in [0.29, 0.717) is 6.04 Å². The summed E-state index contributed by atoms with van der Waals surface area (Å²) in [5, 5.41) is 4.59. The summed E-state index contributed by atoms with van der Waals surface area (Å²) in [7, 11) is 0. The Morgan fingerprint density at radius 2 is 2.00 bits per heavy atom. The monoisotopic (exact) mass is 280 g/mol. The van der Waals surface area contributed by atoms with E-state index in [2.05, 4.69) is 43.1 Å². The second-order valence-corrected chi connectivity index (χ2v) is 5.99. The van der Waals surface area contributed by atoms with E-state index in [1.165, 1.54) is 18.4 Å². The number of benzene rings is 1. The molecule has 1 N–H and O–H groups in total. The lowest BCUT2D eigenvalue weighted by Crippen LogP contribution is -2.60. The van der Waals surface area contributed by atoms with Gasteiger partial charge in [0.1, 0.15) is 0 Å². The molecular formula is C16H25ClN2. The van der Waals surface area contributed by atoms with Crippen molar-refractivity contribution in [3.05, 3.63) is 34.9 Å². The third-order valence-corrected chi connectivity index (χ3v) is 5.01. The van der Waals surface area contributed by atoms with Gasteiger partial charge >= 0.3 is 0 Å². The zero-order chi connectivity index (χ0) is 13.9. The topological polar surface area (TPSA) is 15.3 Å². The second kappa shape index (κ2) is 6.25. The lowest BCUT2D eigenvalue weighted by atomic mass is 9.89. The molecule has 1 heterocycles. The summed E-state index contributed by atoms with van der Waals surface area (Å²) in [6.45, 7) is 10.1. The smallest absolute Gasteiger partial charge is 0.0453 e. The Morgan fingerprint density at radius 1 is 1.32 bits per heavy atom. The van der Waals surface area contributed by atoms with Crippen LogP contribution in [-0.4, -0.2) is 30.1 Å². The molecule has 1 aliphatic heterocycles. The molecule has 106 valence electrons. The Kier molecular flexibility index (Phi) is 4.88. The van der Waals surface area contributed by atoms with Crippen LogP contribution in [0.2, 0.25) is 5.02 Å². The van der Waals surface area contributed by atoms with Gasteiger partial charge in [0.15, 0.2) is 0 Å². The van der Waals surface area contributed by atoms with Crippen molar-refractivity contribution < 1.29 is 0 Å². The summed E-state index contributed by atoms with van der Waals surface area (Å²) in [5.41, 5.74) is 1.51. The third-order valence-electron chi connectivity index (χ3n) is 4.66. The summed E-state index contributed by atoms with van der Waals surface area (Å²) >= 11 is 6.33. The van der Waals surface area contributed by atoms with Gasteiger partial charge in [0.05, 0.1) is 0 Å². The van der Waals surface area contributed by atoms with Crippen LogP contribution in [0.3, 0.4) is 0 Å². The zero-order valence-corrected chi connectivity index (χ0v) is 13.0. The van der Waals surface area contributed by atoms with Crippen molar-refractivity contribution in [3.63, 3.8) is 0 Å². The molecule has 1 aromatic rings. The van der Waals surface area contributed by atoms with Gasteiger partial charge < -0.3 is 5.32 Å². The minimum atomic E-state index is 0.272. The quantitative estimate of drug-likeness (QED) is 0.901. The van der Waals surface area contributed by atoms with Gasteiger partial charge in [0, 0.05) is 36.2 Å². The van der Waals surface area contributed by atoms with Crippen molar-refractivity contribution in [1.29, 1.82) is 0 Å². The highest BCUT2D eigenvalue weighted by Crippen LogP contribution is 2.30. The van der Waals surface area contributed by atoms with E-state index < -0.39 is 0 Å². The highest BCUT2D eigenvalue weighted by molar-refractivity contribution is 6.31. The van der Waals surface area contributed by atoms with Gasteiger partial charge in [-0.15, -0.1) is 0 Å². The first-order chi connectivity index (χ1) is 9.12. The fourth-order valence-electron chi connectivity index (χ4n) is 3.05. The van der Waals surface area contributed by atoms with E-state index in [-0.39, 0.29) is 5.54 Å². The molecule has 1 aromatic carbocycles. The molecule has 1 aliphatic rings. The summed E-state index contributed by atoms with van der Waals surface area (Å²) in [6.07, 6.45) is 2.35. The number of nitrogens with zero attached hydrogens (tertiary/aromatic N) is 1. The summed E-state index contributed by atoms with van der Waals surface area (Å²) in [6, 6.07) is 8.59. The standard InChI is InChI=1S/C16H25ClN2/c1-4-16(5-2)12-19(11-10-18-16)13(3)14-8-6-7-9-15(14)17/h6-9,13,18H,4-5,10-12H2,1-3H3. The number of hydrogen-bond acceptors (Lipinski definition) is 2. The van der Waals surface area contributed by atoms with Crippen LogP contribution in [0.5, 0.6) is 0 Å². The number of nitrogens with one attached hydrogen (secondary N) is 1. The van der Waals surface area contributed by atoms with Crippen LogP contribution < -0.4 is 5.32 Å². The van der Waals surface area contributed by atoms with Gasteiger partial charge in [0.2, 0.25) is 0 Å². The Morgan fingerprint density at radius 3 is 2.63 bits per heavy atom. The number of hydrogen-bond donors (Lipinski definition) is 1. The summed E-state index contributed by atoms with van der Waals surface area (Å²) in [5.74, 6) is 0. The average Bonchev–Trinajstić information content (AvgIpc) is 2.47. The van der Waals surface area contributed by atoms with E-state index in [1.54, 1.807) is 0 Å². The van der Waals surface area contributed by atoms with Crippen LogP contribution >= 0.6 is 11.6 Å². The molecule has 1 unspecified atom stereocenters. The Balaban J connectivity index is 2.15. The van der Waals surface area contributed by atoms with E-state index in [4.69, 9.17) is 11.6 Å². The van der Waals surface area contributed by atoms with E-state index >= 15 is 0 Å². The highest BCUT2D eigenvalue weighted by Gasteiger charge is 2.34. The van der Waals surface area contributed by atoms with E-state index in [9.17, 15) is 0 Å². The molecule has 3 heteroatoms. The minimum Gasteiger partial charge on any atom is -0.309 e. The lowest BCUT2D eigenvalue weighted by molar-refractivity contribution is 0.0920. The molecule has 0 spiro atoms. The van der Waals surface area contributed by atoms with Crippen LogP contribution in [0, 0.1) is 0 Å². The molecular weight excluding hydrogens is 256 g/mol. The average molecular weight is 281 g/mol. The van der Waals surface area contributed by atoms with Crippen LogP contribution in [0.1, 0.15) is 45.2 Å². The molecule has 0 bridgehead atoms. The first-order valence-corrected chi connectivity index (χ1v) is 7.73. The summed E-state index contributed by atoms with van der Waals surface area (Å²) in [4.78, 5) is 2.56. The molecule has 0 saturated carbocycles. The SMILES string of the molecule is CCC1(CC)CN(C(C)c2ccccc2Cl)CCN1. The van der Waals surface area contributed by atoms with Crippen LogP contribution in [0.25, 0.3) is 0 Å². The fraction of sp³-hybridized carbons (Fsp3) is 0.625. The van der Waals surface area contributed by atoms with Crippen LogP contribution in [-0.2, 0) is 0 Å². The van der Waals surface area contributed by atoms with Crippen molar-refractivity contribution in [3.8, 4) is 0 Å². The molecule has 19 heavy (non-hydrogen) atoms. The predicted octanol–water partition coefficient (Wildman–Crippen LogP) is 3.87. The maximum atomic E-state index is 6.33. The predicted molar refractivity (Wildman–Crippen MR) is 82.8 cm³/mol. The van der Waals surface area contributed by atoms with Gasteiger partial charge in [-0.25, -0.2) is 0 Å². The Bertz CT molecular complexity index is 415.